The predicted octanol–water partition coefficient (Wildman–Crippen LogP) is 3.44. The van der Waals surface area contributed by atoms with E-state index in [2.05, 4.69) is 15.4 Å². The van der Waals surface area contributed by atoms with Gasteiger partial charge in [0.05, 0.1) is 5.69 Å². The van der Waals surface area contributed by atoms with Crippen LogP contribution in [-0.2, 0) is 30.9 Å². The monoisotopic (exact) mass is 510 g/mol. The van der Waals surface area contributed by atoms with E-state index >= 15 is 0 Å². The highest BCUT2D eigenvalue weighted by molar-refractivity contribution is 7.90. The lowest BCUT2D eigenvalue weighted by Crippen LogP contribution is -2.32. The molecule has 10 heteroatoms. The molecule has 9 nitrogen and oxygen atoms in total. The molecule has 1 N–H and O–H groups in total. The first-order valence-corrected chi connectivity index (χ1v) is 13.1. The Morgan fingerprint density at radius 3 is 2.67 bits per heavy atom. The quantitative estimate of drug-likeness (QED) is 0.347. The maximum absolute atomic E-state index is 13.0. The van der Waals surface area contributed by atoms with Crippen LogP contribution in [0, 0.1) is 0 Å². The van der Waals surface area contributed by atoms with Gasteiger partial charge in [-0.25, -0.2) is 22.7 Å². The molecule has 2 aromatic heterocycles. The van der Waals surface area contributed by atoms with Gasteiger partial charge in [0.25, 0.3) is 15.9 Å². The van der Waals surface area contributed by atoms with Gasteiger partial charge >= 0.3 is 0 Å². The molecule has 1 unspecified atom stereocenters. The fraction of sp³-hybridized carbons (Fsp3) is 0.308. The van der Waals surface area contributed by atoms with Crippen LogP contribution in [0.4, 0.5) is 0 Å². The third-order valence-corrected chi connectivity index (χ3v) is 7.23. The number of amides is 1. The number of hydroxylamine groups is 1. The molecule has 0 saturated carbocycles. The van der Waals surface area contributed by atoms with Gasteiger partial charge in [0.2, 0.25) is 0 Å². The van der Waals surface area contributed by atoms with E-state index in [9.17, 15) is 13.2 Å². The SMILES string of the molecule is CN(C)Cc1ccc(-c2ccc(S(=O)(=O)n3ccc(/C=C/C(=O)NOC4CCCCO4)c3)cn2)cc1. The van der Waals surface area contributed by atoms with E-state index < -0.39 is 22.2 Å². The third kappa shape index (κ3) is 6.67. The molecule has 1 atom stereocenters. The lowest BCUT2D eigenvalue weighted by atomic mass is 10.1. The summed E-state index contributed by atoms with van der Waals surface area (Å²) in [6, 6.07) is 12.9. The zero-order chi connectivity index (χ0) is 25.5. The lowest BCUT2D eigenvalue weighted by molar-refractivity contribution is -0.198. The lowest BCUT2D eigenvalue weighted by Gasteiger charge is -2.21. The van der Waals surface area contributed by atoms with Crippen molar-refractivity contribution < 1.29 is 22.8 Å². The minimum Gasteiger partial charge on any atom is -0.350 e. The predicted molar refractivity (Wildman–Crippen MR) is 136 cm³/mol. The van der Waals surface area contributed by atoms with E-state index in [1.54, 1.807) is 18.2 Å². The number of aromatic nitrogens is 2. The van der Waals surface area contributed by atoms with Crippen LogP contribution in [0.5, 0.6) is 0 Å². The molecule has 190 valence electrons. The Kier molecular flexibility index (Phi) is 8.32. The van der Waals surface area contributed by atoms with Gasteiger partial charge in [0, 0.05) is 49.8 Å². The molecule has 0 spiro atoms. The first-order chi connectivity index (χ1) is 17.3. The molecule has 1 amide bonds. The summed E-state index contributed by atoms with van der Waals surface area (Å²) in [6.45, 7) is 1.45. The van der Waals surface area contributed by atoms with E-state index in [-0.39, 0.29) is 4.90 Å². The Hall–Kier alpha value is -3.31. The standard InChI is InChI=1S/C26H30N4O5S/c1-29(2)18-20-6-9-22(10-7-20)24-12-11-23(17-27-24)36(32,33)30-15-14-21(19-30)8-13-25(31)28-35-26-5-3-4-16-34-26/h6-15,17,19,26H,3-5,16,18H2,1-2H3,(H,28,31)/b13-8+. The van der Waals surface area contributed by atoms with Crippen molar-refractivity contribution in [2.75, 3.05) is 20.7 Å². The number of hydrogen-bond donors (Lipinski definition) is 1. The summed E-state index contributed by atoms with van der Waals surface area (Å²) in [4.78, 5) is 23.7. The van der Waals surface area contributed by atoms with Crippen molar-refractivity contribution in [3.8, 4) is 11.3 Å². The third-order valence-electron chi connectivity index (χ3n) is 5.61. The van der Waals surface area contributed by atoms with Crippen molar-refractivity contribution in [3.63, 3.8) is 0 Å². The summed E-state index contributed by atoms with van der Waals surface area (Å²) in [7, 11) is 0.198. The smallest absolute Gasteiger partial charge is 0.269 e. The molecule has 1 fully saturated rings. The molecule has 0 aliphatic carbocycles. The van der Waals surface area contributed by atoms with Gasteiger partial charge in [-0.2, -0.15) is 0 Å². The zero-order valence-electron chi connectivity index (χ0n) is 20.3. The first kappa shape index (κ1) is 25.8. The van der Waals surface area contributed by atoms with Gasteiger partial charge in [-0.1, -0.05) is 24.3 Å². The Bertz CT molecular complexity index is 1290. The van der Waals surface area contributed by atoms with E-state index in [0.29, 0.717) is 17.9 Å². The molecule has 36 heavy (non-hydrogen) atoms. The van der Waals surface area contributed by atoms with Crippen molar-refractivity contribution in [2.24, 2.45) is 0 Å². The topological polar surface area (TPSA) is 103 Å². The largest absolute Gasteiger partial charge is 0.350 e. The van der Waals surface area contributed by atoms with Crippen LogP contribution in [0.3, 0.4) is 0 Å². The molecule has 1 aliphatic heterocycles. The van der Waals surface area contributed by atoms with Gasteiger partial charge in [0.15, 0.2) is 6.29 Å². The van der Waals surface area contributed by atoms with Crippen molar-refractivity contribution in [2.45, 2.75) is 37.0 Å². The number of pyridine rings is 1. The number of nitrogens with one attached hydrogen (secondary N) is 1. The molecule has 1 aromatic carbocycles. The second kappa shape index (κ2) is 11.6. The molecule has 0 bridgehead atoms. The maximum atomic E-state index is 13.0. The highest BCUT2D eigenvalue weighted by atomic mass is 32.2. The van der Waals surface area contributed by atoms with Crippen molar-refractivity contribution in [1.82, 2.24) is 19.3 Å². The van der Waals surface area contributed by atoms with Crippen LogP contribution in [0.1, 0.15) is 30.4 Å². The van der Waals surface area contributed by atoms with E-state index in [0.717, 1.165) is 35.3 Å². The average Bonchev–Trinajstić information content (AvgIpc) is 3.37. The van der Waals surface area contributed by atoms with Crippen molar-refractivity contribution in [1.29, 1.82) is 0 Å². The van der Waals surface area contributed by atoms with E-state index in [4.69, 9.17) is 9.57 Å². The van der Waals surface area contributed by atoms with Gasteiger partial charge in [-0.3, -0.25) is 9.78 Å². The molecule has 1 aliphatic rings. The number of hydrogen-bond acceptors (Lipinski definition) is 7. The van der Waals surface area contributed by atoms with Crippen molar-refractivity contribution in [3.05, 3.63) is 78.3 Å². The van der Waals surface area contributed by atoms with Gasteiger partial charge < -0.3 is 9.64 Å². The van der Waals surface area contributed by atoms with Crippen LogP contribution >= 0.6 is 0 Å². The number of carbonyl (C=O) groups is 1. The minimum atomic E-state index is -3.83. The fourth-order valence-electron chi connectivity index (χ4n) is 3.75. The number of ether oxygens (including phenoxy) is 1. The van der Waals surface area contributed by atoms with Crippen LogP contribution in [0.15, 0.2) is 72.0 Å². The Labute approximate surface area is 211 Å². The minimum absolute atomic E-state index is 0.0697. The Balaban J connectivity index is 1.38. The highest BCUT2D eigenvalue weighted by Crippen LogP contribution is 2.21. The first-order valence-electron chi connectivity index (χ1n) is 11.7. The normalized spacial score (nSPS) is 16.5. The number of rotatable bonds is 9. The molecule has 0 radical (unpaired) electrons. The molecule has 3 heterocycles. The Morgan fingerprint density at radius 2 is 2.00 bits per heavy atom. The fourth-order valence-corrected chi connectivity index (χ4v) is 4.90. The number of carbonyl (C=O) groups excluding carboxylic acids is 1. The number of benzene rings is 1. The Morgan fingerprint density at radius 1 is 1.19 bits per heavy atom. The zero-order valence-corrected chi connectivity index (χ0v) is 21.1. The summed E-state index contributed by atoms with van der Waals surface area (Å²) < 4.78 is 32.6. The summed E-state index contributed by atoms with van der Waals surface area (Å²) in [6.07, 6.45) is 9.25. The summed E-state index contributed by atoms with van der Waals surface area (Å²) in [5, 5.41) is 0. The number of nitrogens with zero attached hydrogens (tertiary/aromatic N) is 3. The maximum Gasteiger partial charge on any atom is 0.269 e. The van der Waals surface area contributed by atoms with E-state index in [1.165, 1.54) is 36.3 Å². The van der Waals surface area contributed by atoms with Crippen LogP contribution < -0.4 is 5.48 Å². The molecule has 1 saturated heterocycles. The van der Waals surface area contributed by atoms with Crippen LogP contribution in [-0.4, -0.2) is 55.2 Å². The second-order valence-electron chi connectivity index (χ2n) is 8.81. The van der Waals surface area contributed by atoms with Gasteiger partial charge in [-0.15, -0.1) is 0 Å². The average molecular weight is 511 g/mol. The van der Waals surface area contributed by atoms with Crippen LogP contribution in [0.25, 0.3) is 17.3 Å². The summed E-state index contributed by atoms with van der Waals surface area (Å²) in [5.41, 5.74) is 5.66. The molecule has 3 aromatic rings. The summed E-state index contributed by atoms with van der Waals surface area (Å²) >= 11 is 0. The summed E-state index contributed by atoms with van der Waals surface area (Å²) in [5.74, 6) is -0.464. The van der Waals surface area contributed by atoms with Gasteiger partial charge in [0.1, 0.15) is 4.90 Å². The molecular formula is C26H30N4O5S. The second-order valence-corrected chi connectivity index (χ2v) is 10.7. The molecular weight excluding hydrogens is 480 g/mol. The van der Waals surface area contributed by atoms with Crippen LogP contribution in [0.2, 0.25) is 0 Å². The van der Waals surface area contributed by atoms with Gasteiger partial charge in [-0.05, 0) is 62.3 Å². The molecule has 4 rings (SSSR count). The van der Waals surface area contributed by atoms with E-state index in [1.807, 2.05) is 38.4 Å². The highest BCUT2D eigenvalue weighted by Gasteiger charge is 2.18. The van der Waals surface area contributed by atoms with Crippen molar-refractivity contribution >= 4 is 22.0 Å².